The van der Waals surface area contributed by atoms with Crippen LogP contribution >= 0.6 is 23.2 Å². The summed E-state index contributed by atoms with van der Waals surface area (Å²) >= 11 is 12.7. The minimum atomic E-state index is -4.24. The lowest BCUT2D eigenvalue weighted by Gasteiger charge is -2.34. The van der Waals surface area contributed by atoms with Crippen molar-refractivity contribution in [2.75, 3.05) is 18.0 Å². The van der Waals surface area contributed by atoms with E-state index in [4.69, 9.17) is 27.9 Å². The van der Waals surface area contributed by atoms with Crippen molar-refractivity contribution < 1.29 is 22.7 Å². The molecular formula is C33H39Cl2N3O5S. The molecule has 0 aliphatic heterocycles. The number of ether oxygens (including phenoxy) is 1. The van der Waals surface area contributed by atoms with Gasteiger partial charge in [-0.15, -0.1) is 0 Å². The van der Waals surface area contributed by atoms with Gasteiger partial charge in [0.15, 0.2) is 0 Å². The maximum atomic E-state index is 14.4. The number of hydrogen-bond acceptors (Lipinski definition) is 5. The van der Waals surface area contributed by atoms with Gasteiger partial charge in [0, 0.05) is 22.6 Å². The van der Waals surface area contributed by atoms with Gasteiger partial charge in [-0.3, -0.25) is 13.9 Å². The number of rotatable bonds is 12. The first kappa shape index (κ1) is 33.6. The van der Waals surface area contributed by atoms with Gasteiger partial charge in [-0.2, -0.15) is 0 Å². The first-order valence-electron chi connectivity index (χ1n) is 14.7. The van der Waals surface area contributed by atoms with Gasteiger partial charge >= 0.3 is 0 Å². The molecule has 1 fully saturated rings. The van der Waals surface area contributed by atoms with E-state index in [-0.39, 0.29) is 34.8 Å². The third-order valence-electron chi connectivity index (χ3n) is 7.93. The van der Waals surface area contributed by atoms with Crippen LogP contribution in [-0.4, -0.2) is 50.9 Å². The molecule has 2 amide bonds. The van der Waals surface area contributed by atoms with Crippen LogP contribution in [0.2, 0.25) is 10.0 Å². The topological polar surface area (TPSA) is 96.0 Å². The van der Waals surface area contributed by atoms with Gasteiger partial charge in [0.2, 0.25) is 11.8 Å². The Morgan fingerprint density at radius 2 is 1.64 bits per heavy atom. The molecule has 236 valence electrons. The quantitative estimate of drug-likeness (QED) is 0.234. The fourth-order valence-electron chi connectivity index (χ4n) is 5.47. The van der Waals surface area contributed by atoms with Crippen molar-refractivity contribution in [1.82, 2.24) is 10.2 Å². The maximum absolute atomic E-state index is 14.4. The summed E-state index contributed by atoms with van der Waals surface area (Å²) in [5.74, 6) is -0.556. The molecule has 0 radical (unpaired) electrons. The van der Waals surface area contributed by atoms with Crippen LogP contribution in [0, 0.1) is 13.8 Å². The normalized spacial score (nSPS) is 14.2. The lowest BCUT2D eigenvalue weighted by Crippen LogP contribution is -2.53. The molecule has 1 atom stereocenters. The van der Waals surface area contributed by atoms with Crippen molar-refractivity contribution in [2.24, 2.45) is 0 Å². The average molecular weight is 661 g/mol. The summed E-state index contributed by atoms with van der Waals surface area (Å²) in [6.07, 6.45) is 4.15. The first-order valence-corrected chi connectivity index (χ1v) is 16.9. The van der Waals surface area contributed by atoms with Crippen LogP contribution in [0.1, 0.15) is 55.7 Å². The molecule has 1 unspecified atom stereocenters. The molecule has 3 aromatic carbocycles. The molecule has 0 saturated heterocycles. The standard InChI is InChI=1S/C33H39Cl2N3O5S/c1-5-29(33(40)36-26-8-6-7-9-26)37(20-24-13-14-25(34)19-28(24)35)32(39)21-38(30-18-23(3)12-17-31(30)43-4)44(41,42)27-15-10-22(2)11-16-27/h10-19,26,29H,5-9,20-21H2,1-4H3,(H,36,40). The Bertz CT molecular complexity index is 1590. The van der Waals surface area contributed by atoms with E-state index < -0.39 is 28.5 Å². The molecule has 0 spiro atoms. The number of halogens is 2. The highest BCUT2D eigenvalue weighted by Crippen LogP contribution is 2.34. The summed E-state index contributed by atoms with van der Waals surface area (Å²) in [5, 5.41) is 3.88. The van der Waals surface area contributed by atoms with Gasteiger partial charge < -0.3 is 15.0 Å². The predicted molar refractivity (Wildman–Crippen MR) is 175 cm³/mol. The Balaban J connectivity index is 1.78. The van der Waals surface area contributed by atoms with E-state index in [1.54, 1.807) is 48.5 Å². The number of nitrogens with one attached hydrogen (secondary N) is 1. The van der Waals surface area contributed by atoms with Crippen molar-refractivity contribution in [1.29, 1.82) is 0 Å². The third-order valence-corrected chi connectivity index (χ3v) is 10.3. The number of sulfonamides is 1. The van der Waals surface area contributed by atoms with Crippen molar-refractivity contribution in [2.45, 2.75) is 76.4 Å². The van der Waals surface area contributed by atoms with E-state index in [1.807, 2.05) is 20.8 Å². The van der Waals surface area contributed by atoms with Crippen molar-refractivity contribution in [3.63, 3.8) is 0 Å². The van der Waals surface area contributed by atoms with Crippen LogP contribution in [0.4, 0.5) is 5.69 Å². The SMILES string of the molecule is CCC(C(=O)NC1CCCC1)N(Cc1ccc(Cl)cc1Cl)C(=O)CN(c1cc(C)ccc1OC)S(=O)(=O)c1ccc(C)cc1. The van der Waals surface area contributed by atoms with Gasteiger partial charge in [-0.05, 0) is 80.6 Å². The molecule has 0 heterocycles. The Hall–Kier alpha value is -3.27. The minimum absolute atomic E-state index is 0.0190. The highest BCUT2D eigenvalue weighted by Gasteiger charge is 2.35. The number of nitrogens with zero attached hydrogens (tertiary/aromatic N) is 2. The van der Waals surface area contributed by atoms with E-state index in [9.17, 15) is 18.0 Å². The number of anilines is 1. The van der Waals surface area contributed by atoms with Crippen LogP contribution < -0.4 is 14.4 Å². The molecular weight excluding hydrogens is 621 g/mol. The third kappa shape index (κ3) is 7.86. The molecule has 3 aromatic rings. The smallest absolute Gasteiger partial charge is 0.264 e. The zero-order valence-corrected chi connectivity index (χ0v) is 27.8. The van der Waals surface area contributed by atoms with Crippen LogP contribution in [0.15, 0.2) is 65.6 Å². The number of benzene rings is 3. The van der Waals surface area contributed by atoms with E-state index >= 15 is 0 Å². The number of amides is 2. The lowest BCUT2D eigenvalue weighted by atomic mass is 10.1. The van der Waals surface area contributed by atoms with E-state index in [0.29, 0.717) is 22.0 Å². The first-order chi connectivity index (χ1) is 20.9. The second kappa shape index (κ2) is 14.7. The largest absolute Gasteiger partial charge is 0.495 e. The van der Waals surface area contributed by atoms with E-state index in [1.165, 1.54) is 24.1 Å². The summed E-state index contributed by atoms with van der Waals surface area (Å²) in [6.45, 7) is 4.93. The predicted octanol–water partition coefficient (Wildman–Crippen LogP) is 6.68. The van der Waals surface area contributed by atoms with Crippen LogP contribution in [0.5, 0.6) is 5.75 Å². The van der Waals surface area contributed by atoms with Gasteiger partial charge in [0.1, 0.15) is 18.3 Å². The Labute approximate surface area is 270 Å². The van der Waals surface area contributed by atoms with Crippen molar-refractivity contribution >= 4 is 50.7 Å². The van der Waals surface area contributed by atoms with Gasteiger partial charge in [-0.1, -0.05) is 72.8 Å². The number of methoxy groups -OCH3 is 1. The molecule has 0 aromatic heterocycles. The van der Waals surface area contributed by atoms with Crippen LogP contribution in [0.3, 0.4) is 0 Å². The summed E-state index contributed by atoms with van der Waals surface area (Å²) in [7, 11) is -2.80. The Kier molecular flexibility index (Phi) is 11.2. The molecule has 4 rings (SSSR count). The molecule has 0 bridgehead atoms. The maximum Gasteiger partial charge on any atom is 0.264 e. The Morgan fingerprint density at radius 3 is 2.25 bits per heavy atom. The zero-order valence-electron chi connectivity index (χ0n) is 25.5. The monoisotopic (exact) mass is 659 g/mol. The van der Waals surface area contributed by atoms with Crippen molar-refractivity contribution in [3.8, 4) is 5.75 Å². The summed E-state index contributed by atoms with van der Waals surface area (Å²) in [5.41, 5.74) is 2.47. The number of hydrogen-bond donors (Lipinski definition) is 1. The van der Waals surface area contributed by atoms with Gasteiger partial charge in [0.25, 0.3) is 10.0 Å². The highest BCUT2D eigenvalue weighted by molar-refractivity contribution is 7.92. The van der Waals surface area contributed by atoms with Crippen LogP contribution in [0.25, 0.3) is 0 Å². The van der Waals surface area contributed by atoms with E-state index in [2.05, 4.69) is 5.32 Å². The molecule has 1 aliphatic carbocycles. The molecule has 44 heavy (non-hydrogen) atoms. The summed E-state index contributed by atoms with van der Waals surface area (Å²) in [4.78, 5) is 29.5. The average Bonchev–Trinajstić information content (AvgIpc) is 3.50. The number of carbonyl (C=O) groups is 2. The summed E-state index contributed by atoms with van der Waals surface area (Å²) < 4.78 is 35.1. The molecule has 1 aliphatic rings. The fraction of sp³-hybridized carbons (Fsp3) is 0.394. The zero-order chi connectivity index (χ0) is 32.0. The van der Waals surface area contributed by atoms with Crippen LogP contribution in [-0.2, 0) is 26.2 Å². The molecule has 1 N–H and O–H groups in total. The van der Waals surface area contributed by atoms with Crippen molar-refractivity contribution in [3.05, 3.63) is 87.4 Å². The summed E-state index contributed by atoms with van der Waals surface area (Å²) in [6, 6.07) is 15.7. The highest BCUT2D eigenvalue weighted by atomic mass is 35.5. The molecule has 8 nitrogen and oxygen atoms in total. The van der Waals surface area contributed by atoms with Gasteiger partial charge in [0.05, 0.1) is 17.7 Å². The lowest BCUT2D eigenvalue weighted by molar-refractivity contribution is -0.140. The second-order valence-electron chi connectivity index (χ2n) is 11.2. The fourth-order valence-corrected chi connectivity index (χ4v) is 7.35. The molecule has 11 heteroatoms. The minimum Gasteiger partial charge on any atom is -0.495 e. The Morgan fingerprint density at radius 1 is 0.977 bits per heavy atom. The van der Waals surface area contributed by atoms with E-state index in [0.717, 1.165) is 41.1 Å². The molecule has 1 saturated carbocycles. The second-order valence-corrected chi connectivity index (χ2v) is 13.9. The van der Waals surface area contributed by atoms with Gasteiger partial charge in [-0.25, -0.2) is 8.42 Å². The number of aryl methyl sites for hydroxylation is 2. The number of carbonyl (C=O) groups excluding carboxylic acids is 2.